The van der Waals surface area contributed by atoms with E-state index in [-0.39, 0.29) is 11.8 Å². The fourth-order valence-electron chi connectivity index (χ4n) is 1.77. The lowest BCUT2D eigenvalue weighted by Crippen LogP contribution is -2.45. The van der Waals surface area contributed by atoms with Crippen molar-refractivity contribution in [2.75, 3.05) is 13.7 Å². The summed E-state index contributed by atoms with van der Waals surface area (Å²) < 4.78 is 10.1. The van der Waals surface area contributed by atoms with Gasteiger partial charge in [0.15, 0.2) is 0 Å². The molecule has 0 fully saturated rings. The number of methoxy groups -OCH3 is 1. The van der Waals surface area contributed by atoms with Crippen LogP contribution in [0.5, 0.6) is 5.75 Å². The standard InChI is InChI=1S/C16H21NO4/c1-5-10-21-13-9-7-6-8-12(13)15(18)17-14(11(2)3)16(19)20-4/h5-9,11,14H,1,10H2,2-4H3,(H,17,18). The molecule has 0 bridgehead atoms. The second-order valence-electron chi connectivity index (χ2n) is 4.81. The summed E-state index contributed by atoms with van der Waals surface area (Å²) in [7, 11) is 1.30. The minimum absolute atomic E-state index is 0.0809. The Morgan fingerprint density at radius 1 is 1.33 bits per heavy atom. The Hall–Kier alpha value is -2.30. The molecule has 0 heterocycles. The molecular formula is C16H21NO4. The summed E-state index contributed by atoms with van der Waals surface area (Å²) in [5.41, 5.74) is 0.369. The summed E-state index contributed by atoms with van der Waals surface area (Å²) in [5, 5.41) is 2.68. The Bertz CT molecular complexity index is 511. The number of hydrogen-bond donors (Lipinski definition) is 1. The molecule has 1 N–H and O–H groups in total. The van der Waals surface area contributed by atoms with Gasteiger partial charge in [-0.25, -0.2) is 4.79 Å². The molecule has 21 heavy (non-hydrogen) atoms. The predicted molar refractivity (Wildman–Crippen MR) is 80.2 cm³/mol. The summed E-state index contributed by atoms with van der Waals surface area (Å²) in [4.78, 5) is 24.0. The van der Waals surface area contributed by atoms with E-state index < -0.39 is 12.0 Å². The first-order chi connectivity index (χ1) is 10.0. The van der Waals surface area contributed by atoms with Gasteiger partial charge in [-0.05, 0) is 18.1 Å². The maximum atomic E-state index is 12.3. The lowest BCUT2D eigenvalue weighted by Gasteiger charge is -2.20. The van der Waals surface area contributed by atoms with Gasteiger partial charge in [-0.3, -0.25) is 4.79 Å². The van der Waals surface area contributed by atoms with Gasteiger partial charge in [-0.2, -0.15) is 0 Å². The molecule has 114 valence electrons. The van der Waals surface area contributed by atoms with Crippen molar-refractivity contribution >= 4 is 11.9 Å². The van der Waals surface area contributed by atoms with E-state index in [1.165, 1.54) is 7.11 Å². The molecule has 1 atom stereocenters. The van der Waals surface area contributed by atoms with Crippen molar-refractivity contribution in [2.45, 2.75) is 19.9 Å². The van der Waals surface area contributed by atoms with Crippen LogP contribution in [0, 0.1) is 5.92 Å². The van der Waals surface area contributed by atoms with Crippen molar-refractivity contribution in [2.24, 2.45) is 5.92 Å². The Labute approximate surface area is 124 Å². The van der Waals surface area contributed by atoms with Crippen molar-refractivity contribution < 1.29 is 19.1 Å². The fraction of sp³-hybridized carbons (Fsp3) is 0.375. The van der Waals surface area contributed by atoms with Crippen LogP contribution in [-0.2, 0) is 9.53 Å². The molecule has 1 rings (SSSR count). The number of benzene rings is 1. The highest BCUT2D eigenvalue weighted by Crippen LogP contribution is 2.18. The first kappa shape index (κ1) is 16.8. The van der Waals surface area contributed by atoms with Crippen molar-refractivity contribution in [1.82, 2.24) is 5.32 Å². The summed E-state index contributed by atoms with van der Waals surface area (Å²) in [5.74, 6) is -0.480. The van der Waals surface area contributed by atoms with E-state index in [2.05, 4.69) is 11.9 Å². The fourth-order valence-corrected chi connectivity index (χ4v) is 1.77. The number of carbonyl (C=O) groups excluding carboxylic acids is 2. The van der Waals surface area contributed by atoms with E-state index in [4.69, 9.17) is 9.47 Å². The van der Waals surface area contributed by atoms with E-state index in [1.807, 2.05) is 13.8 Å². The van der Waals surface area contributed by atoms with Crippen molar-refractivity contribution in [3.8, 4) is 5.75 Å². The molecule has 0 aliphatic rings. The Morgan fingerprint density at radius 3 is 2.57 bits per heavy atom. The lowest BCUT2D eigenvalue weighted by atomic mass is 10.0. The Kier molecular flexibility index (Phi) is 6.46. The van der Waals surface area contributed by atoms with Crippen LogP contribution in [0.15, 0.2) is 36.9 Å². The van der Waals surface area contributed by atoms with Gasteiger partial charge in [0.1, 0.15) is 18.4 Å². The van der Waals surface area contributed by atoms with Gasteiger partial charge in [0.2, 0.25) is 0 Å². The molecule has 0 saturated heterocycles. The van der Waals surface area contributed by atoms with Crippen molar-refractivity contribution in [3.05, 3.63) is 42.5 Å². The molecule has 0 aliphatic heterocycles. The molecule has 0 spiro atoms. The van der Waals surface area contributed by atoms with E-state index in [1.54, 1.807) is 30.3 Å². The molecular weight excluding hydrogens is 270 g/mol. The Morgan fingerprint density at radius 2 is 2.00 bits per heavy atom. The van der Waals surface area contributed by atoms with Gasteiger partial charge in [0.05, 0.1) is 12.7 Å². The first-order valence-electron chi connectivity index (χ1n) is 6.72. The zero-order valence-corrected chi connectivity index (χ0v) is 12.6. The molecule has 1 aromatic rings. The van der Waals surface area contributed by atoms with Gasteiger partial charge in [0.25, 0.3) is 5.91 Å². The number of esters is 1. The van der Waals surface area contributed by atoms with Crippen LogP contribution in [0.25, 0.3) is 0 Å². The zero-order valence-electron chi connectivity index (χ0n) is 12.6. The van der Waals surface area contributed by atoms with Gasteiger partial charge in [-0.1, -0.05) is 38.6 Å². The monoisotopic (exact) mass is 291 g/mol. The summed E-state index contributed by atoms with van der Waals surface area (Å²) in [6.07, 6.45) is 1.60. The number of ether oxygens (including phenoxy) is 2. The molecule has 1 aromatic carbocycles. The second kappa shape index (κ2) is 8.09. The van der Waals surface area contributed by atoms with Crippen LogP contribution in [0.1, 0.15) is 24.2 Å². The van der Waals surface area contributed by atoms with Gasteiger partial charge in [0, 0.05) is 0 Å². The molecule has 1 amide bonds. The molecule has 5 heteroatoms. The van der Waals surface area contributed by atoms with Crippen LogP contribution in [-0.4, -0.2) is 31.6 Å². The smallest absolute Gasteiger partial charge is 0.328 e. The van der Waals surface area contributed by atoms with E-state index in [0.29, 0.717) is 17.9 Å². The maximum absolute atomic E-state index is 12.3. The molecule has 0 saturated carbocycles. The van der Waals surface area contributed by atoms with Crippen LogP contribution >= 0.6 is 0 Å². The van der Waals surface area contributed by atoms with Crippen LogP contribution in [0.3, 0.4) is 0 Å². The quantitative estimate of drug-likeness (QED) is 0.618. The van der Waals surface area contributed by atoms with Gasteiger partial charge in [-0.15, -0.1) is 0 Å². The van der Waals surface area contributed by atoms with E-state index in [0.717, 1.165) is 0 Å². The van der Waals surface area contributed by atoms with E-state index in [9.17, 15) is 9.59 Å². The Balaban J connectivity index is 2.92. The van der Waals surface area contributed by atoms with Crippen molar-refractivity contribution in [3.63, 3.8) is 0 Å². The molecule has 0 aromatic heterocycles. The van der Waals surface area contributed by atoms with Crippen LogP contribution in [0.2, 0.25) is 0 Å². The molecule has 1 unspecified atom stereocenters. The van der Waals surface area contributed by atoms with Crippen LogP contribution in [0.4, 0.5) is 0 Å². The highest BCUT2D eigenvalue weighted by atomic mass is 16.5. The first-order valence-corrected chi connectivity index (χ1v) is 6.72. The number of hydrogen-bond acceptors (Lipinski definition) is 4. The molecule has 0 aliphatic carbocycles. The van der Waals surface area contributed by atoms with Gasteiger partial charge < -0.3 is 14.8 Å². The third-order valence-corrected chi connectivity index (χ3v) is 2.90. The lowest BCUT2D eigenvalue weighted by molar-refractivity contribution is -0.144. The summed E-state index contributed by atoms with van der Waals surface area (Å²) in [6.45, 7) is 7.54. The third kappa shape index (κ3) is 4.63. The SMILES string of the molecule is C=CCOc1ccccc1C(=O)NC(C(=O)OC)C(C)C. The molecule has 0 radical (unpaired) electrons. The summed E-state index contributed by atoms with van der Waals surface area (Å²) in [6, 6.07) is 6.15. The number of rotatable bonds is 7. The summed E-state index contributed by atoms with van der Waals surface area (Å²) >= 11 is 0. The number of amides is 1. The second-order valence-corrected chi connectivity index (χ2v) is 4.81. The minimum Gasteiger partial charge on any atom is -0.489 e. The minimum atomic E-state index is -0.699. The zero-order chi connectivity index (χ0) is 15.8. The largest absolute Gasteiger partial charge is 0.489 e. The number of nitrogens with one attached hydrogen (secondary N) is 1. The normalized spacial score (nSPS) is 11.6. The van der Waals surface area contributed by atoms with Crippen molar-refractivity contribution in [1.29, 1.82) is 0 Å². The number of para-hydroxylation sites is 1. The predicted octanol–water partition coefficient (Wildman–Crippen LogP) is 2.18. The van der Waals surface area contributed by atoms with E-state index >= 15 is 0 Å². The van der Waals surface area contributed by atoms with Gasteiger partial charge >= 0.3 is 5.97 Å². The average Bonchev–Trinajstić information content (AvgIpc) is 2.49. The van der Waals surface area contributed by atoms with Crippen LogP contribution < -0.4 is 10.1 Å². The maximum Gasteiger partial charge on any atom is 0.328 e. The average molecular weight is 291 g/mol. The highest BCUT2D eigenvalue weighted by Gasteiger charge is 2.26. The molecule has 5 nitrogen and oxygen atoms in total. The topological polar surface area (TPSA) is 64.6 Å². The third-order valence-electron chi connectivity index (χ3n) is 2.90. The highest BCUT2D eigenvalue weighted by molar-refractivity contribution is 5.99. The number of carbonyl (C=O) groups is 2.